The maximum absolute atomic E-state index is 11.6. The van der Waals surface area contributed by atoms with Gasteiger partial charge < -0.3 is 15.2 Å². The minimum atomic E-state index is -0.486. The predicted octanol–water partition coefficient (Wildman–Crippen LogP) is 1.34. The van der Waals surface area contributed by atoms with Crippen LogP contribution in [0.5, 0.6) is 0 Å². The molecule has 0 saturated carbocycles. The molecule has 0 aromatic carbocycles. The third-order valence-corrected chi connectivity index (χ3v) is 2.44. The minimum Gasteiger partial charge on any atom is -0.466 e. The zero-order valence-corrected chi connectivity index (χ0v) is 11.1. The lowest BCUT2D eigenvalue weighted by atomic mass is 10.1. The van der Waals surface area contributed by atoms with Gasteiger partial charge in [0, 0.05) is 12.6 Å². The molecule has 0 aliphatic rings. The fourth-order valence-corrected chi connectivity index (χ4v) is 1.56. The summed E-state index contributed by atoms with van der Waals surface area (Å²) in [5.41, 5.74) is 6.89. The number of anilines is 1. The van der Waals surface area contributed by atoms with E-state index in [1.807, 2.05) is 0 Å². The number of aryl methyl sites for hydroxylation is 1. The second kappa shape index (κ2) is 7.35. The van der Waals surface area contributed by atoms with E-state index in [2.05, 4.69) is 4.98 Å². The summed E-state index contributed by atoms with van der Waals surface area (Å²) in [5.74, 6) is -0.801. The second-order valence-corrected chi connectivity index (χ2v) is 3.74. The number of hydrogen-bond acceptors (Lipinski definition) is 6. The first kappa shape index (κ1) is 14.9. The van der Waals surface area contributed by atoms with Gasteiger partial charge in [-0.2, -0.15) is 0 Å². The SMILES string of the molecule is CCOC(=O)CCc1nccc(C(=O)OCC)c1N. The highest BCUT2D eigenvalue weighted by Gasteiger charge is 2.15. The van der Waals surface area contributed by atoms with Crippen LogP contribution in [0.25, 0.3) is 0 Å². The first-order chi connectivity index (χ1) is 9.10. The van der Waals surface area contributed by atoms with Gasteiger partial charge in [0.2, 0.25) is 0 Å². The Morgan fingerprint density at radius 1 is 1.26 bits per heavy atom. The van der Waals surface area contributed by atoms with Gasteiger partial charge in [0.05, 0.1) is 36.6 Å². The molecule has 1 aromatic rings. The Bertz CT molecular complexity index is 460. The molecule has 0 fully saturated rings. The summed E-state index contributed by atoms with van der Waals surface area (Å²) < 4.78 is 9.71. The van der Waals surface area contributed by atoms with Gasteiger partial charge in [-0.15, -0.1) is 0 Å². The summed E-state index contributed by atoms with van der Waals surface area (Å²) in [4.78, 5) is 27.0. The van der Waals surface area contributed by atoms with Crippen LogP contribution in [-0.4, -0.2) is 30.1 Å². The van der Waals surface area contributed by atoms with E-state index in [-0.39, 0.29) is 30.2 Å². The molecule has 0 unspecified atom stereocenters. The van der Waals surface area contributed by atoms with Gasteiger partial charge in [-0.1, -0.05) is 0 Å². The smallest absolute Gasteiger partial charge is 0.340 e. The topological polar surface area (TPSA) is 91.5 Å². The van der Waals surface area contributed by atoms with Crippen molar-refractivity contribution in [3.8, 4) is 0 Å². The normalized spacial score (nSPS) is 10.0. The quantitative estimate of drug-likeness (QED) is 0.781. The van der Waals surface area contributed by atoms with Crippen LogP contribution in [0.2, 0.25) is 0 Å². The molecular weight excluding hydrogens is 248 g/mol. The molecule has 6 nitrogen and oxygen atoms in total. The van der Waals surface area contributed by atoms with Crippen LogP contribution < -0.4 is 5.73 Å². The summed E-state index contributed by atoms with van der Waals surface area (Å²) in [5, 5.41) is 0. The highest BCUT2D eigenvalue weighted by molar-refractivity contribution is 5.95. The molecule has 104 valence electrons. The molecule has 0 spiro atoms. The molecule has 0 saturated heterocycles. The van der Waals surface area contributed by atoms with Crippen molar-refractivity contribution in [1.82, 2.24) is 4.98 Å². The zero-order valence-electron chi connectivity index (χ0n) is 11.1. The van der Waals surface area contributed by atoms with Gasteiger partial charge in [0.15, 0.2) is 0 Å². The van der Waals surface area contributed by atoms with Crippen LogP contribution in [-0.2, 0) is 20.7 Å². The number of carbonyl (C=O) groups excluding carboxylic acids is 2. The standard InChI is InChI=1S/C13H18N2O4/c1-3-18-11(16)6-5-10-12(14)9(7-8-15-10)13(17)19-4-2/h7-8H,3-6,14H2,1-2H3. The number of nitrogens with zero attached hydrogens (tertiary/aromatic N) is 1. The number of esters is 2. The molecule has 0 amide bonds. The predicted molar refractivity (Wildman–Crippen MR) is 69.6 cm³/mol. The maximum Gasteiger partial charge on any atom is 0.340 e. The molecule has 0 atom stereocenters. The maximum atomic E-state index is 11.6. The van der Waals surface area contributed by atoms with Crippen LogP contribution in [0.1, 0.15) is 36.3 Å². The number of nitrogens with two attached hydrogens (primary N) is 1. The fourth-order valence-electron chi connectivity index (χ4n) is 1.56. The van der Waals surface area contributed by atoms with Crippen molar-refractivity contribution in [3.05, 3.63) is 23.5 Å². The highest BCUT2D eigenvalue weighted by atomic mass is 16.5. The lowest BCUT2D eigenvalue weighted by Gasteiger charge is -2.09. The zero-order chi connectivity index (χ0) is 14.3. The van der Waals surface area contributed by atoms with E-state index in [0.717, 1.165) is 0 Å². The minimum absolute atomic E-state index is 0.178. The van der Waals surface area contributed by atoms with Crippen molar-refractivity contribution in [2.75, 3.05) is 18.9 Å². The third-order valence-electron chi connectivity index (χ3n) is 2.44. The summed E-state index contributed by atoms with van der Waals surface area (Å²) in [7, 11) is 0. The molecule has 1 rings (SSSR count). The Morgan fingerprint density at radius 3 is 2.58 bits per heavy atom. The molecule has 2 N–H and O–H groups in total. The van der Waals surface area contributed by atoms with Crippen LogP contribution in [0.4, 0.5) is 5.69 Å². The van der Waals surface area contributed by atoms with E-state index in [4.69, 9.17) is 15.2 Å². The lowest BCUT2D eigenvalue weighted by molar-refractivity contribution is -0.143. The summed E-state index contributed by atoms with van der Waals surface area (Å²) in [6.45, 7) is 4.08. The molecule has 1 heterocycles. The largest absolute Gasteiger partial charge is 0.466 e. The van der Waals surface area contributed by atoms with Crippen LogP contribution in [0.15, 0.2) is 12.3 Å². The number of carbonyl (C=O) groups is 2. The molecular formula is C13H18N2O4. The van der Waals surface area contributed by atoms with E-state index in [0.29, 0.717) is 18.7 Å². The Morgan fingerprint density at radius 2 is 1.95 bits per heavy atom. The van der Waals surface area contributed by atoms with Gasteiger partial charge in [0.25, 0.3) is 0 Å². The fraction of sp³-hybridized carbons (Fsp3) is 0.462. The molecule has 0 bridgehead atoms. The van der Waals surface area contributed by atoms with Gasteiger partial charge in [-0.3, -0.25) is 9.78 Å². The molecule has 1 aromatic heterocycles. The third kappa shape index (κ3) is 4.24. The van der Waals surface area contributed by atoms with E-state index < -0.39 is 5.97 Å². The molecule has 0 aliphatic heterocycles. The molecule has 19 heavy (non-hydrogen) atoms. The molecule has 6 heteroatoms. The lowest BCUT2D eigenvalue weighted by Crippen LogP contribution is -2.12. The van der Waals surface area contributed by atoms with Crippen molar-refractivity contribution < 1.29 is 19.1 Å². The monoisotopic (exact) mass is 266 g/mol. The number of nitrogen functional groups attached to an aromatic ring is 1. The molecule has 0 aliphatic carbocycles. The van der Waals surface area contributed by atoms with Crippen molar-refractivity contribution in [3.63, 3.8) is 0 Å². The first-order valence-electron chi connectivity index (χ1n) is 6.16. The number of aromatic nitrogens is 1. The summed E-state index contributed by atoms with van der Waals surface area (Å²) in [6.07, 6.45) is 1.98. The van der Waals surface area contributed by atoms with E-state index in [9.17, 15) is 9.59 Å². The van der Waals surface area contributed by atoms with Crippen LogP contribution in [0, 0.1) is 0 Å². The molecule has 0 radical (unpaired) electrons. The van der Waals surface area contributed by atoms with E-state index in [1.165, 1.54) is 12.3 Å². The number of pyridine rings is 1. The van der Waals surface area contributed by atoms with Gasteiger partial charge in [-0.05, 0) is 19.9 Å². The number of hydrogen-bond donors (Lipinski definition) is 1. The Hall–Kier alpha value is -2.11. The first-order valence-corrected chi connectivity index (χ1v) is 6.16. The van der Waals surface area contributed by atoms with Crippen LogP contribution in [0.3, 0.4) is 0 Å². The summed E-state index contributed by atoms with van der Waals surface area (Å²) >= 11 is 0. The van der Waals surface area contributed by atoms with E-state index >= 15 is 0 Å². The Balaban J connectivity index is 2.77. The Kier molecular flexibility index (Phi) is 5.78. The van der Waals surface area contributed by atoms with Crippen molar-refractivity contribution in [1.29, 1.82) is 0 Å². The second-order valence-electron chi connectivity index (χ2n) is 3.74. The van der Waals surface area contributed by atoms with Gasteiger partial charge >= 0.3 is 11.9 Å². The average molecular weight is 266 g/mol. The number of rotatable bonds is 6. The number of ether oxygens (including phenoxy) is 2. The van der Waals surface area contributed by atoms with E-state index in [1.54, 1.807) is 13.8 Å². The van der Waals surface area contributed by atoms with Gasteiger partial charge in [-0.25, -0.2) is 4.79 Å². The summed E-state index contributed by atoms with van der Waals surface area (Å²) in [6, 6.07) is 1.50. The van der Waals surface area contributed by atoms with Crippen molar-refractivity contribution >= 4 is 17.6 Å². The van der Waals surface area contributed by atoms with Crippen LogP contribution >= 0.6 is 0 Å². The van der Waals surface area contributed by atoms with Crippen molar-refractivity contribution in [2.24, 2.45) is 0 Å². The van der Waals surface area contributed by atoms with Gasteiger partial charge in [0.1, 0.15) is 0 Å². The Labute approximate surface area is 111 Å². The average Bonchev–Trinajstić information content (AvgIpc) is 2.38. The van der Waals surface area contributed by atoms with Crippen molar-refractivity contribution in [2.45, 2.75) is 26.7 Å². The highest BCUT2D eigenvalue weighted by Crippen LogP contribution is 2.17.